The number of anilines is 1. The van der Waals surface area contributed by atoms with Crippen molar-refractivity contribution in [3.63, 3.8) is 0 Å². The van der Waals surface area contributed by atoms with E-state index in [1.165, 1.54) is 35.6 Å². The van der Waals surface area contributed by atoms with E-state index < -0.39 is 0 Å². The van der Waals surface area contributed by atoms with Crippen LogP contribution in [0, 0.1) is 5.82 Å². The maximum Gasteiger partial charge on any atom is 0.260 e. The van der Waals surface area contributed by atoms with Gasteiger partial charge in [-0.15, -0.1) is 0 Å². The van der Waals surface area contributed by atoms with Crippen LogP contribution in [0.1, 0.15) is 16.1 Å². The van der Waals surface area contributed by atoms with Crippen molar-refractivity contribution in [3.8, 4) is 5.75 Å². The van der Waals surface area contributed by atoms with Crippen LogP contribution >= 0.6 is 11.3 Å². The number of fused-ring (bicyclic) bond motifs is 1. The van der Waals surface area contributed by atoms with E-state index in [0.29, 0.717) is 10.7 Å². The number of hydrogen-bond acceptors (Lipinski definition) is 5. The zero-order valence-electron chi connectivity index (χ0n) is 15.0. The number of methoxy groups -OCH3 is 1. The van der Waals surface area contributed by atoms with Crippen molar-refractivity contribution < 1.29 is 13.9 Å². The van der Waals surface area contributed by atoms with Crippen LogP contribution in [0.5, 0.6) is 5.75 Å². The first-order chi connectivity index (χ1) is 13.6. The number of carbonyl (C=O) groups is 1. The molecule has 4 aromatic rings. The standard InChI is InChI=1S/C21H16FN3O2S/c1-27-17-9-10-18-19(12-17)28-21(24-18)25(13-16-4-2-3-11-23-16)20(26)14-5-7-15(22)8-6-14/h2-12H,13H2,1H3. The molecule has 0 fully saturated rings. The fraction of sp³-hybridized carbons (Fsp3) is 0.0952. The quantitative estimate of drug-likeness (QED) is 0.494. The van der Waals surface area contributed by atoms with Crippen molar-refractivity contribution >= 4 is 32.6 Å². The van der Waals surface area contributed by atoms with Gasteiger partial charge in [-0.2, -0.15) is 0 Å². The zero-order chi connectivity index (χ0) is 19.5. The molecule has 2 heterocycles. The summed E-state index contributed by atoms with van der Waals surface area (Å²) in [5, 5.41) is 0.545. The van der Waals surface area contributed by atoms with E-state index in [-0.39, 0.29) is 18.3 Å². The SMILES string of the molecule is COc1ccc2nc(N(Cc3ccccn3)C(=O)c3ccc(F)cc3)sc2c1. The van der Waals surface area contributed by atoms with Crippen LogP contribution in [-0.4, -0.2) is 23.0 Å². The summed E-state index contributed by atoms with van der Waals surface area (Å²) >= 11 is 1.39. The van der Waals surface area contributed by atoms with Crippen LogP contribution in [0.15, 0.2) is 66.9 Å². The molecule has 0 aliphatic rings. The van der Waals surface area contributed by atoms with E-state index in [1.807, 2.05) is 36.4 Å². The monoisotopic (exact) mass is 393 g/mol. The largest absolute Gasteiger partial charge is 0.497 e. The van der Waals surface area contributed by atoms with Crippen molar-refractivity contribution in [2.45, 2.75) is 6.54 Å². The summed E-state index contributed by atoms with van der Waals surface area (Å²) < 4.78 is 19.5. The Morgan fingerprint density at radius 2 is 1.96 bits per heavy atom. The fourth-order valence-corrected chi connectivity index (χ4v) is 3.76. The highest BCUT2D eigenvalue weighted by molar-refractivity contribution is 7.22. The molecule has 5 nitrogen and oxygen atoms in total. The minimum Gasteiger partial charge on any atom is -0.497 e. The molecule has 0 unspecified atom stereocenters. The van der Waals surface area contributed by atoms with Crippen molar-refractivity contribution in [2.24, 2.45) is 0 Å². The smallest absolute Gasteiger partial charge is 0.260 e. The number of benzene rings is 2. The average molecular weight is 393 g/mol. The number of aromatic nitrogens is 2. The number of amides is 1. The lowest BCUT2D eigenvalue weighted by atomic mass is 10.2. The Hall–Kier alpha value is -3.32. The van der Waals surface area contributed by atoms with Gasteiger partial charge >= 0.3 is 0 Å². The predicted molar refractivity (Wildman–Crippen MR) is 107 cm³/mol. The molecule has 0 bridgehead atoms. The van der Waals surface area contributed by atoms with Crippen LogP contribution in [0.4, 0.5) is 9.52 Å². The number of nitrogens with zero attached hydrogens (tertiary/aromatic N) is 3. The zero-order valence-corrected chi connectivity index (χ0v) is 15.8. The van der Waals surface area contributed by atoms with Gasteiger partial charge in [0.1, 0.15) is 11.6 Å². The third-order valence-electron chi connectivity index (χ3n) is 4.20. The highest BCUT2D eigenvalue weighted by Crippen LogP contribution is 2.32. The van der Waals surface area contributed by atoms with Crippen LogP contribution in [0.3, 0.4) is 0 Å². The number of pyridine rings is 1. The van der Waals surface area contributed by atoms with Gasteiger partial charge in [0.15, 0.2) is 5.13 Å². The summed E-state index contributed by atoms with van der Waals surface area (Å²) in [4.78, 5) is 23.7. The molecule has 0 saturated carbocycles. The molecule has 28 heavy (non-hydrogen) atoms. The average Bonchev–Trinajstić information content (AvgIpc) is 3.15. The molecule has 0 saturated heterocycles. The molecule has 0 N–H and O–H groups in total. The molecule has 0 radical (unpaired) electrons. The number of halogens is 1. The molecule has 1 amide bonds. The molecule has 0 aliphatic heterocycles. The minimum atomic E-state index is -0.389. The van der Waals surface area contributed by atoms with E-state index in [9.17, 15) is 9.18 Å². The minimum absolute atomic E-state index is 0.258. The van der Waals surface area contributed by atoms with E-state index in [0.717, 1.165) is 21.7 Å². The first kappa shape index (κ1) is 18.1. The Labute approximate surface area is 165 Å². The second-order valence-electron chi connectivity index (χ2n) is 6.05. The Bertz CT molecular complexity index is 1110. The third kappa shape index (κ3) is 3.70. The van der Waals surface area contributed by atoms with Crippen LogP contribution in [0.25, 0.3) is 10.2 Å². The topological polar surface area (TPSA) is 55.3 Å². The summed E-state index contributed by atoms with van der Waals surface area (Å²) in [5.41, 5.74) is 1.89. The molecule has 0 spiro atoms. The number of thiazole rings is 1. The summed E-state index contributed by atoms with van der Waals surface area (Å²) in [6, 6.07) is 16.6. The van der Waals surface area contributed by atoms with Gasteiger partial charge in [-0.25, -0.2) is 9.37 Å². The van der Waals surface area contributed by atoms with E-state index in [4.69, 9.17) is 4.74 Å². The first-order valence-corrected chi connectivity index (χ1v) is 9.37. The summed E-state index contributed by atoms with van der Waals surface area (Å²) in [6.07, 6.45) is 1.68. The van der Waals surface area contributed by atoms with Gasteiger partial charge in [0.05, 0.1) is 29.6 Å². The molecular weight excluding hydrogens is 377 g/mol. The second-order valence-corrected chi connectivity index (χ2v) is 7.06. The van der Waals surface area contributed by atoms with Crippen LogP contribution in [0.2, 0.25) is 0 Å². The van der Waals surface area contributed by atoms with Crippen molar-refractivity contribution in [1.82, 2.24) is 9.97 Å². The van der Waals surface area contributed by atoms with Crippen LogP contribution in [-0.2, 0) is 6.54 Å². The third-order valence-corrected chi connectivity index (χ3v) is 5.24. The van der Waals surface area contributed by atoms with Gasteiger partial charge in [0.25, 0.3) is 5.91 Å². The lowest BCUT2D eigenvalue weighted by molar-refractivity contribution is 0.0985. The number of ether oxygens (including phenoxy) is 1. The van der Waals surface area contributed by atoms with Crippen molar-refractivity contribution in [1.29, 1.82) is 0 Å². The Balaban J connectivity index is 1.75. The van der Waals surface area contributed by atoms with Crippen molar-refractivity contribution in [3.05, 3.63) is 83.9 Å². The summed E-state index contributed by atoms with van der Waals surface area (Å²) in [7, 11) is 1.61. The summed E-state index contributed by atoms with van der Waals surface area (Å²) in [5.74, 6) is 0.0698. The number of carbonyl (C=O) groups excluding carboxylic acids is 1. The lowest BCUT2D eigenvalue weighted by Crippen LogP contribution is -2.30. The van der Waals surface area contributed by atoms with Crippen molar-refractivity contribution in [2.75, 3.05) is 12.0 Å². The van der Waals surface area contributed by atoms with E-state index >= 15 is 0 Å². The lowest BCUT2D eigenvalue weighted by Gasteiger charge is -2.19. The van der Waals surface area contributed by atoms with Crippen LogP contribution < -0.4 is 9.64 Å². The van der Waals surface area contributed by atoms with E-state index in [2.05, 4.69) is 9.97 Å². The summed E-state index contributed by atoms with van der Waals surface area (Å²) in [6.45, 7) is 0.258. The normalized spacial score (nSPS) is 10.8. The fourth-order valence-electron chi connectivity index (χ4n) is 2.76. The van der Waals surface area contributed by atoms with E-state index in [1.54, 1.807) is 18.2 Å². The Kier molecular flexibility index (Phi) is 4.99. The molecule has 0 atom stereocenters. The van der Waals surface area contributed by atoms with Gasteiger partial charge in [-0.1, -0.05) is 17.4 Å². The van der Waals surface area contributed by atoms with Gasteiger partial charge in [-0.3, -0.25) is 14.7 Å². The Morgan fingerprint density at radius 1 is 1.14 bits per heavy atom. The molecule has 2 aromatic heterocycles. The number of rotatable bonds is 5. The van der Waals surface area contributed by atoms with Gasteiger partial charge in [0.2, 0.25) is 0 Å². The molecule has 4 rings (SSSR count). The molecule has 2 aromatic carbocycles. The van der Waals surface area contributed by atoms with Gasteiger partial charge in [0, 0.05) is 11.8 Å². The maximum absolute atomic E-state index is 13.3. The molecule has 7 heteroatoms. The second kappa shape index (κ2) is 7.74. The molecular formula is C21H16FN3O2S. The van der Waals surface area contributed by atoms with Gasteiger partial charge < -0.3 is 4.74 Å². The molecule has 0 aliphatic carbocycles. The highest BCUT2D eigenvalue weighted by atomic mass is 32.1. The first-order valence-electron chi connectivity index (χ1n) is 8.56. The molecule has 140 valence electrons. The maximum atomic E-state index is 13.3. The predicted octanol–water partition coefficient (Wildman–Crippen LogP) is 4.69. The van der Waals surface area contributed by atoms with Gasteiger partial charge in [-0.05, 0) is 54.6 Å². The Morgan fingerprint density at radius 3 is 2.68 bits per heavy atom. The number of hydrogen-bond donors (Lipinski definition) is 0. The highest BCUT2D eigenvalue weighted by Gasteiger charge is 2.22.